The summed E-state index contributed by atoms with van der Waals surface area (Å²) >= 11 is 0. The predicted molar refractivity (Wildman–Crippen MR) is 126 cm³/mol. The molecule has 0 fully saturated rings. The molecular weight excluding hydrogens is 438 g/mol. The van der Waals surface area contributed by atoms with Crippen molar-refractivity contribution in [1.29, 1.82) is 0 Å². The SMILES string of the molecule is CO[C@@H]1CN(C)C(=O)c2cc(NC(C)=O)ccc2OC[C@@H](C)N(C(=O)c2cnccn2)C[C@@H]1C. The Bertz CT molecular complexity index is 1030. The van der Waals surface area contributed by atoms with E-state index in [1.165, 1.54) is 25.5 Å². The van der Waals surface area contributed by atoms with Crippen LogP contribution in [0.2, 0.25) is 0 Å². The number of benzene rings is 1. The zero-order valence-corrected chi connectivity index (χ0v) is 20.1. The lowest BCUT2D eigenvalue weighted by Crippen LogP contribution is -2.48. The molecule has 0 aliphatic carbocycles. The summed E-state index contributed by atoms with van der Waals surface area (Å²) in [7, 11) is 3.28. The van der Waals surface area contributed by atoms with Gasteiger partial charge >= 0.3 is 0 Å². The van der Waals surface area contributed by atoms with Crippen molar-refractivity contribution in [3.63, 3.8) is 0 Å². The molecule has 1 aliphatic rings. The van der Waals surface area contributed by atoms with E-state index in [0.717, 1.165) is 0 Å². The van der Waals surface area contributed by atoms with Gasteiger partial charge in [0.15, 0.2) is 0 Å². The van der Waals surface area contributed by atoms with Crippen LogP contribution in [0.25, 0.3) is 0 Å². The van der Waals surface area contributed by atoms with Gasteiger partial charge in [-0.05, 0) is 25.1 Å². The van der Waals surface area contributed by atoms with Gasteiger partial charge in [0.2, 0.25) is 5.91 Å². The molecule has 3 atom stereocenters. The van der Waals surface area contributed by atoms with E-state index in [4.69, 9.17) is 9.47 Å². The number of methoxy groups -OCH3 is 1. The molecule has 10 nitrogen and oxygen atoms in total. The van der Waals surface area contributed by atoms with Gasteiger partial charge in [0.05, 0.1) is 23.9 Å². The highest BCUT2D eigenvalue weighted by Gasteiger charge is 2.31. The smallest absolute Gasteiger partial charge is 0.274 e. The van der Waals surface area contributed by atoms with Gasteiger partial charge in [-0.15, -0.1) is 0 Å². The molecule has 1 aliphatic heterocycles. The molecule has 3 amide bonds. The quantitative estimate of drug-likeness (QED) is 0.732. The second-order valence-electron chi connectivity index (χ2n) is 8.54. The van der Waals surface area contributed by atoms with Crippen LogP contribution in [-0.4, -0.2) is 83.5 Å². The molecular formula is C24H31N5O5. The topological polar surface area (TPSA) is 114 Å². The normalized spacial score (nSPS) is 21.6. The van der Waals surface area contributed by atoms with E-state index in [2.05, 4.69) is 15.3 Å². The van der Waals surface area contributed by atoms with E-state index in [9.17, 15) is 14.4 Å². The minimum Gasteiger partial charge on any atom is -0.491 e. The molecule has 182 valence electrons. The number of carbonyl (C=O) groups excluding carboxylic acids is 3. The van der Waals surface area contributed by atoms with Crippen molar-refractivity contribution in [2.75, 3.05) is 39.2 Å². The molecule has 3 rings (SSSR count). The lowest BCUT2D eigenvalue weighted by molar-refractivity contribution is -0.114. The Kier molecular flexibility index (Phi) is 8.17. The van der Waals surface area contributed by atoms with Gasteiger partial charge in [-0.2, -0.15) is 0 Å². The van der Waals surface area contributed by atoms with Gasteiger partial charge < -0.3 is 24.6 Å². The molecule has 0 spiro atoms. The number of amides is 3. The first kappa shape index (κ1) is 25.1. The molecule has 0 bridgehead atoms. The van der Waals surface area contributed by atoms with E-state index in [1.807, 2.05) is 13.8 Å². The number of hydrogen-bond donors (Lipinski definition) is 1. The summed E-state index contributed by atoms with van der Waals surface area (Å²) in [5.41, 5.74) is 1.05. The van der Waals surface area contributed by atoms with Gasteiger partial charge in [0, 0.05) is 58.2 Å². The third-order valence-corrected chi connectivity index (χ3v) is 5.81. The van der Waals surface area contributed by atoms with Crippen LogP contribution >= 0.6 is 0 Å². The second-order valence-corrected chi connectivity index (χ2v) is 8.54. The number of carbonyl (C=O) groups is 3. The predicted octanol–water partition coefficient (Wildman–Crippen LogP) is 2.08. The Labute approximate surface area is 199 Å². The molecule has 1 aromatic heterocycles. The minimum atomic E-state index is -0.329. The number of nitrogens with zero attached hydrogens (tertiary/aromatic N) is 4. The zero-order chi connectivity index (χ0) is 24.8. The summed E-state index contributed by atoms with van der Waals surface area (Å²) in [6.07, 6.45) is 4.12. The lowest BCUT2D eigenvalue weighted by atomic mass is 10.0. The summed E-state index contributed by atoms with van der Waals surface area (Å²) in [6.45, 7) is 6.11. The Hall–Kier alpha value is -3.53. The van der Waals surface area contributed by atoms with E-state index in [1.54, 1.807) is 42.2 Å². The molecule has 2 aromatic rings. The summed E-state index contributed by atoms with van der Waals surface area (Å²) in [5.74, 6) is -0.471. The van der Waals surface area contributed by atoms with Crippen molar-refractivity contribution < 1.29 is 23.9 Å². The molecule has 0 radical (unpaired) electrons. The Morgan fingerprint density at radius 1 is 1.21 bits per heavy atom. The first-order chi connectivity index (χ1) is 16.2. The second kappa shape index (κ2) is 11.1. The van der Waals surface area contributed by atoms with Crippen LogP contribution in [-0.2, 0) is 9.53 Å². The summed E-state index contributed by atoms with van der Waals surface area (Å²) in [6, 6.07) is 4.59. The van der Waals surface area contributed by atoms with Crippen LogP contribution in [0.4, 0.5) is 5.69 Å². The Morgan fingerprint density at radius 2 is 1.97 bits per heavy atom. The highest BCUT2D eigenvalue weighted by molar-refractivity contribution is 5.99. The number of anilines is 1. The number of hydrogen-bond acceptors (Lipinski definition) is 7. The average molecular weight is 470 g/mol. The van der Waals surface area contributed by atoms with E-state index in [0.29, 0.717) is 30.1 Å². The standard InChI is InChI=1S/C24H31N5O5/c1-15-12-29(24(32)20-11-25-8-9-26-20)16(2)14-34-21-7-6-18(27-17(3)30)10-19(21)23(31)28(4)13-22(15)33-5/h6-11,15-16,22H,12-14H2,1-5H3,(H,27,30)/t15-,16+,22+/m0/s1. The summed E-state index contributed by atoms with van der Waals surface area (Å²) < 4.78 is 11.7. The van der Waals surface area contributed by atoms with Crippen molar-refractivity contribution in [2.45, 2.75) is 32.9 Å². The maximum absolute atomic E-state index is 13.3. The molecule has 0 unspecified atom stereocenters. The van der Waals surface area contributed by atoms with Gasteiger partial charge in [0.1, 0.15) is 18.1 Å². The van der Waals surface area contributed by atoms with Crippen LogP contribution < -0.4 is 10.1 Å². The molecule has 2 heterocycles. The van der Waals surface area contributed by atoms with E-state index >= 15 is 0 Å². The van der Waals surface area contributed by atoms with Crippen LogP contribution in [0.1, 0.15) is 41.6 Å². The Balaban J connectivity index is 1.99. The van der Waals surface area contributed by atoms with Crippen LogP contribution in [0, 0.1) is 5.92 Å². The van der Waals surface area contributed by atoms with Crippen molar-refractivity contribution >= 4 is 23.4 Å². The lowest BCUT2D eigenvalue weighted by Gasteiger charge is -2.35. The fourth-order valence-corrected chi connectivity index (χ4v) is 3.90. The van der Waals surface area contributed by atoms with Gasteiger partial charge in [0.25, 0.3) is 11.8 Å². The number of nitrogens with one attached hydrogen (secondary N) is 1. The van der Waals surface area contributed by atoms with Crippen molar-refractivity contribution in [3.05, 3.63) is 48.0 Å². The number of ether oxygens (including phenoxy) is 2. The van der Waals surface area contributed by atoms with Crippen molar-refractivity contribution in [1.82, 2.24) is 19.8 Å². The fourth-order valence-electron chi connectivity index (χ4n) is 3.90. The first-order valence-electron chi connectivity index (χ1n) is 11.1. The highest BCUT2D eigenvalue weighted by atomic mass is 16.5. The molecule has 1 aromatic carbocycles. The van der Waals surface area contributed by atoms with Crippen LogP contribution in [0.15, 0.2) is 36.8 Å². The summed E-state index contributed by atoms with van der Waals surface area (Å²) in [5, 5.41) is 2.70. The first-order valence-corrected chi connectivity index (χ1v) is 11.1. The molecule has 0 saturated carbocycles. The third kappa shape index (κ3) is 5.88. The fraction of sp³-hybridized carbons (Fsp3) is 0.458. The van der Waals surface area contributed by atoms with E-state index < -0.39 is 0 Å². The maximum Gasteiger partial charge on any atom is 0.274 e. The third-order valence-electron chi connectivity index (χ3n) is 5.81. The molecule has 10 heteroatoms. The zero-order valence-electron chi connectivity index (χ0n) is 20.1. The number of fused-ring (bicyclic) bond motifs is 1. The van der Waals surface area contributed by atoms with Gasteiger partial charge in [-0.3, -0.25) is 19.4 Å². The monoisotopic (exact) mass is 469 g/mol. The molecule has 34 heavy (non-hydrogen) atoms. The number of likely N-dealkylation sites (N-methyl/N-ethyl adjacent to an activating group) is 1. The number of rotatable bonds is 3. The number of aromatic nitrogens is 2. The minimum absolute atomic E-state index is 0.0899. The highest BCUT2D eigenvalue weighted by Crippen LogP contribution is 2.26. The molecule has 0 saturated heterocycles. The maximum atomic E-state index is 13.3. The largest absolute Gasteiger partial charge is 0.491 e. The van der Waals surface area contributed by atoms with Crippen molar-refractivity contribution in [3.8, 4) is 5.75 Å². The average Bonchev–Trinajstić information content (AvgIpc) is 2.83. The van der Waals surface area contributed by atoms with Gasteiger partial charge in [-0.1, -0.05) is 6.92 Å². The van der Waals surface area contributed by atoms with E-state index in [-0.39, 0.29) is 48.1 Å². The van der Waals surface area contributed by atoms with Crippen molar-refractivity contribution in [2.24, 2.45) is 5.92 Å². The molecule has 1 N–H and O–H groups in total. The van der Waals surface area contributed by atoms with Crippen LogP contribution in [0.5, 0.6) is 5.75 Å². The van der Waals surface area contributed by atoms with Crippen LogP contribution in [0.3, 0.4) is 0 Å². The Morgan fingerprint density at radius 3 is 2.62 bits per heavy atom. The van der Waals surface area contributed by atoms with Gasteiger partial charge in [-0.25, -0.2) is 4.98 Å². The summed E-state index contributed by atoms with van der Waals surface area (Å²) in [4.78, 5) is 49.5.